The first-order chi connectivity index (χ1) is 7.34. The minimum absolute atomic E-state index is 0.364. The molecular weight excluding hydrogens is 220 g/mol. The van der Waals surface area contributed by atoms with Crippen molar-refractivity contribution >= 4 is 14.0 Å². The molecule has 0 aliphatic carbocycles. The number of aliphatic hydroxyl groups is 1. The number of rotatable bonds is 6. The number of unbranched alkanes of at least 4 members (excludes halogenated alkanes) is 1. The average Bonchev–Trinajstić information content (AvgIpc) is 2.16. The molecule has 0 saturated carbocycles. The summed E-state index contributed by atoms with van der Waals surface area (Å²) in [4.78, 5) is 11.5. The van der Waals surface area contributed by atoms with Crippen LogP contribution in [-0.2, 0) is 9.53 Å². The third-order valence-electron chi connectivity index (χ3n) is 2.24. The second-order valence-corrected chi connectivity index (χ2v) is 9.80. The van der Waals surface area contributed by atoms with Crippen LogP contribution in [0.1, 0.15) is 19.8 Å². The first kappa shape index (κ1) is 15.2. The molecule has 16 heavy (non-hydrogen) atoms. The molecule has 0 spiro atoms. The molecule has 0 aromatic rings. The van der Waals surface area contributed by atoms with Crippen LogP contribution in [0.3, 0.4) is 0 Å². The van der Waals surface area contributed by atoms with Gasteiger partial charge < -0.3 is 9.84 Å². The molecule has 3 nitrogen and oxygen atoms in total. The van der Waals surface area contributed by atoms with E-state index in [2.05, 4.69) is 12.3 Å². The summed E-state index contributed by atoms with van der Waals surface area (Å²) >= 11 is 0. The van der Waals surface area contributed by atoms with Crippen LogP contribution in [0, 0.1) is 0 Å². The van der Waals surface area contributed by atoms with Gasteiger partial charge >= 0.3 is 5.97 Å². The standard InChI is InChI=1S/C12H22O3Si/c1-6-8-9-15-12(14)11(13)10(7-2)16(3,4)5/h11,13H,2,6,8-9H2,1,3-5H3. The van der Waals surface area contributed by atoms with Crippen LogP contribution in [0.2, 0.25) is 19.6 Å². The normalized spacial score (nSPS) is 12.8. The Morgan fingerprint density at radius 2 is 2.06 bits per heavy atom. The van der Waals surface area contributed by atoms with E-state index in [1.807, 2.05) is 26.6 Å². The molecule has 0 aliphatic heterocycles. The highest BCUT2D eigenvalue weighted by atomic mass is 28.3. The van der Waals surface area contributed by atoms with Crippen molar-refractivity contribution < 1.29 is 14.6 Å². The van der Waals surface area contributed by atoms with E-state index in [1.165, 1.54) is 0 Å². The SMILES string of the molecule is C=C=C(C(O)C(=O)OCCCC)[Si](C)(C)C. The summed E-state index contributed by atoms with van der Waals surface area (Å²) in [5.74, 6) is -0.581. The van der Waals surface area contributed by atoms with Crippen LogP contribution < -0.4 is 0 Å². The molecule has 1 atom stereocenters. The molecule has 0 aliphatic rings. The van der Waals surface area contributed by atoms with E-state index in [0.29, 0.717) is 11.8 Å². The van der Waals surface area contributed by atoms with Gasteiger partial charge in [0.1, 0.15) is 0 Å². The molecule has 0 aromatic heterocycles. The van der Waals surface area contributed by atoms with Crippen molar-refractivity contribution in [1.82, 2.24) is 0 Å². The van der Waals surface area contributed by atoms with Crippen molar-refractivity contribution in [2.45, 2.75) is 45.5 Å². The fourth-order valence-electron chi connectivity index (χ4n) is 1.29. The van der Waals surface area contributed by atoms with E-state index >= 15 is 0 Å². The average molecular weight is 242 g/mol. The Morgan fingerprint density at radius 3 is 2.44 bits per heavy atom. The van der Waals surface area contributed by atoms with E-state index in [9.17, 15) is 9.90 Å². The number of carbonyl (C=O) groups is 1. The van der Waals surface area contributed by atoms with Crippen LogP contribution in [0.5, 0.6) is 0 Å². The molecule has 1 unspecified atom stereocenters. The predicted molar refractivity (Wildman–Crippen MR) is 67.9 cm³/mol. The third kappa shape index (κ3) is 4.79. The minimum atomic E-state index is -1.77. The summed E-state index contributed by atoms with van der Waals surface area (Å²) in [7, 11) is -1.77. The molecule has 1 N–H and O–H groups in total. The summed E-state index contributed by atoms with van der Waals surface area (Å²) in [5, 5.41) is 10.4. The monoisotopic (exact) mass is 242 g/mol. The second kappa shape index (κ2) is 6.69. The fraction of sp³-hybridized carbons (Fsp3) is 0.667. The first-order valence-corrected chi connectivity index (χ1v) is 9.09. The Hall–Kier alpha value is -0.833. The van der Waals surface area contributed by atoms with Gasteiger partial charge in [0.25, 0.3) is 0 Å². The van der Waals surface area contributed by atoms with Gasteiger partial charge in [-0.25, -0.2) is 4.79 Å². The highest BCUT2D eigenvalue weighted by molar-refractivity contribution is 6.83. The lowest BCUT2D eigenvalue weighted by molar-refractivity contribution is -0.151. The summed E-state index contributed by atoms with van der Waals surface area (Å²) < 4.78 is 4.97. The topological polar surface area (TPSA) is 46.5 Å². The van der Waals surface area contributed by atoms with Crippen molar-refractivity contribution in [3.05, 3.63) is 17.5 Å². The van der Waals surface area contributed by atoms with Crippen molar-refractivity contribution in [3.63, 3.8) is 0 Å². The minimum Gasteiger partial charge on any atom is -0.464 e. The van der Waals surface area contributed by atoms with E-state index < -0.39 is 20.1 Å². The maximum Gasteiger partial charge on any atom is 0.339 e. The molecule has 0 bridgehead atoms. The molecule has 0 fully saturated rings. The van der Waals surface area contributed by atoms with Gasteiger partial charge in [-0.1, -0.05) is 39.6 Å². The van der Waals surface area contributed by atoms with Gasteiger partial charge in [-0.3, -0.25) is 0 Å². The lowest BCUT2D eigenvalue weighted by atomic mass is 10.3. The summed E-state index contributed by atoms with van der Waals surface area (Å²) in [6.45, 7) is 12.0. The highest BCUT2D eigenvalue weighted by Gasteiger charge is 2.31. The Kier molecular flexibility index (Phi) is 6.34. The van der Waals surface area contributed by atoms with Crippen molar-refractivity contribution in [3.8, 4) is 0 Å². The maximum atomic E-state index is 11.5. The highest BCUT2D eigenvalue weighted by Crippen LogP contribution is 2.18. The number of hydrogen-bond acceptors (Lipinski definition) is 3. The van der Waals surface area contributed by atoms with E-state index in [1.54, 1.807) is 0 Å². The third-order valence-corrected chi connectivity index (χ3v) is 4.30. The van der Waals surface area contributed by atoms with E-state index in [4.69, 9.17) is 4.74 Å². The lowest BCUT2D eigenvalue weighted by Gasteiger charge is -2.22. The quantitative estimate of drug-likeness (QED) is 0.336. The molecule has 0 heterocycles. The number of ether oxygens (including phenoxy) is 1. The summed E-state index contributed by atoms with van der Waals surface area (Å²) in [6, 6.07) is 0. The molecule has 0 amide bonds. The van der Waals surface area contributed by atoms with Crippen molar-refractivity contribution in [1.29, 1.82) is 0 Å². The molecule has 4 heteroatoms. The van der Waals surface area contributed by atoms with Crippen LogP contribution in [-0.4, -0.2) is 31.9 Å². The van der Waals surface area contributed by atoms with Crippen LogP contribution >= 0.6 is 0 Å². The molecule has 0 aromatic carbocycles. The molecule has 0 radical (unpaired) electrons. The lowest BCUT2D eigenvalue weighted by Crippen LogP contribution is -2.37. The zero-order valence-electron chi connectivity index (χ0n) is 10.7. The molecule has 0 rings (SSSR count). The molecular formula is C12H22O3Si. The van der Waals surface area contributed by atoms with E-state index in [0.717, 1.165) is 12.8 Å². The Labute approximate surface area is 98.8 Å². The van der Waals surface area contributed by atoms with Gasteiger partial charge in [0.15, 0.2) is 6.10 Å². The number of carbonyl (C=O) groups excluding carboxylic acids is 1. The number of hydrogen-bond donors (Lipinski definition) is 1. The maximum absolute atomic E-state index is 11.5. The Bertz CT molecular complexity index is 285. The second-order valence-electron chi connectivity index (χ2n) is 4.76. The van der Waals surface area contributed by atoms with Crippen molar-refractivity contribution in [2.24, 2.45) is 0 Å². The Morgan fingerprint density at radius 1 is 1.50 bits per heavy atom. The summed E-state index contributed by atoms with van der Waals surface area (Å²) in [5.41, 5.74) is 2.69. The largest absolute Gasteiger partial charge is 0.464 e. The molecule has 92 valence electrons. The van der Waals surface area contributed by atoms with Crippen LogP contribution in [0.25, 0.3) is 0 Å². The fourth-order valence-corrected chi connectivity index (χ4v) is 2.75. The van der Waals surface area contributed by atoms with Gasteiger partial charge in [0, 0.05) is 0 Å². The zero-order chi connectivity index (χ0) is 12.8. The number of aliphatic hydroxyl groups excluding tert-OH is 1. The Balaban J connectivity index is 4.48. The van der Waals surface area contributed by atoms with Gasteiger partial charge in [0.2, 0.25) is 0 Å². The van der Waals surface area contributed by atoms with Crippen molar-refractivity contribution in [2.75, 3.05) is 6.61 Å². The van der Waals surface area contributed by atoms with Crippen LogP contribution in [0.4, 0.5) is 0 Å². The predicted octanol–water partition coefficient (Wildman–Crippen LogP) is 2.28. The van der Waals surface area contributed by atoms with Gasteiger partial charge in [0.05, 0.1) is 14.7 Å². The van der Waals surface area contributed by atoms with E-state index in [-0.39, 0.29) is 0 Å². The van der Waals surface area contributed by atoms with Gasteiger partial charge in [-0.15, -0.1) is 5.73 Å². The van der Waals surface area contributed by atoms with Gasteiger partial charge in [-0.05, 0) is 11.6 Å². The summed E-state index contributed by atoms with van der Waals surface area (Å²) in [6.07, 6.45) is 0.584. The smallest absolute Gasteiger partial charge is 0.339 e. The number of esters is 1. The van der Waals surface area contributed by atoms with Crippen LogP contribution in [0.15, 0.2) is 17.5 Å². The van der Waals surface area contributed by atoms with Gasteiger partial charge in [-0.2, -0.15) is 0 Å². The zero-order valence-corrected chi connectivity index (χ0v) is 11.7. The first-order valence-electron chi connectivity index (χ1n) is 5.59. The molecule has 0 saturated heterocycles.